The Morgan fingerprint density at radius 1 is 1.38 bits per heavy atom. The molecule has 0 aliphatic carbocycles. The summed E-state index contributed by atoms with van der Waals surface area (Å²) < 4.78 is 5.22. The smallest absolute Gasteiger partial charge is 0.311 e. The van der Waals surface area contributed by atoms with Gasteiger partial charge in [0, 0.05) is 12.1 Å². The number of carbonyl (C=O) groups is 2. The fourth-order valence-electron chi connectivity index (χ4n) is 2.47. The van der Waals surface area contributed by atoms with Crippen LogP contribution in [0.4, 0.5) is 0 Å². The van der Waals surface area contributed by atoms with Gasteiger partial charge < -0.3 is 14.7 Å². The summed E-state index contributed by atoms with van der Waals surface area (Å²) in [5, 5.41) is 18.0. The van der Waals surface area contributed by atoms with Crippen LogP contribution < -0.4 is 0 Å². The Morgan fingerprint density at radius 3 is 2.57 bits per heavy atom. The summed E-state index contributed by atoms with van der Waals surface area (Å²) in [5.41, 5.74) is 0.911. The number of rotatable bonds is 4. The van der Waals surface area contributed by atoms with E-state index in [0.717, 1.165) is 0 Å². The third kappa shape index (κ3) is 3.03. The van der Waals surface area contributed by atoms with Gasteiger partial charge in [-0.1, -0.05) is 0 Å². The van der Waals surface area contributed by atoms with Crippen molar-refractivity contribution in [2.24, 2.45) is 5.92 Å². The van der Waals surface area contributed by atoms with Crippen LogP contribution >= 0.6 is 0 Å². The molecule has 6 nitrogen and oxygen atoms in total. The van der Waals surface area contributed by atoms with Crippen LogP contribution in [0.2, 0.25) is 0 Å². The molecule has 0 radical (unpaired) electrons. The Kier molecular flexibility index (Phi) is 4.55. The SMILES string of the molecule is CCN(C(=O)c1ccc(C#N)cc1)C1COCC1C(=O)O. The summed E-state index contributed by atoms with van der Waals surface area (Å²) in [4.78, 5) is 25.3. The van der Waals surface area contributed by atoms with Crippen molar-refractivity contribution in [2.75, 3.05) is 19.8 Å². The molecule has 1 aromatic rings. The van der Waals surface area contributed by atoms with E-state index in [4.69, 9.17) is 10.00 Å². The van der Waals surface area contributed by atoms with E-state index in [9.17, 15) is 14.7 Å². The first-order chi connectivity index (χ1) is 10.1. The summed E-state index contributed by atoms with van der Waals surface area (Å²) in [5.74, 6) is -1.90. The molecule has 0 bridgehead atoms. The minimum absolute atomic E-state index is 0.122. The molecular weight excluding hydrogens is 272 g/mol. The van der Waals surface area contributed by atoms with Gasteiger partial charge in [-0.05, 0) is 31.2 Å². The molecule has 6 heteroatoms. The third-order valence-electron chi connectivity index (χ3n) is 3.63. The number of carboxylic acid groups (broad SMARTS) is 1. The molecule has 2 rings (SSSR count). The van der Waals surface area contributed by atoms with Crippen molar-refractivity contribution in [3.63, 3.8) is 0 Å². The van der Waals surface area contributed by atoms with Gasteiger partial charge in [0.1, 0.15) is 5.92 Å². The number of likely N-dealkylation sites (N-methyl/N-ethyl adjacent to an activating group) is 1. The summed E-state index contributed by atoms with van der Waals surface area (Å²) in [6, 6.07) is 7.83. The Hall–Kier alpha value is -2.39. The highest BCUT2D eigenvalue weighted by Gasteiger charge is 2.39. The number of hydrogen-bond donors (Lipinski definition) is 1. The highest BCUT2D eigenvalue weighted by atomic mass is 16.5. The molecule has 1 aliphatic heterocycles. The monoisotopic (exact) mass is 288 g/mol. The predicted octanol–water partition coefficient (Wildman–Crippen LogP) is 1.12. The third-order valence-corrected chi connectivity index (χ3v) is 3.63. The van der Waals surface area contributed by atoms with Crippen LogP contribution in [-0.4, -0.2) is 47.7 Å². The molecule has 1 saturated heterocycles. The minimum atomic E-state index is -0.955. The highest BCUT2D eigenvalue weighted by Crippen LogP contribution is 2.22. The normalized spacial score (nSPS) is 20.8. The summed E-state index contributed by atoms with van der Waals surface area (Å²) in [6.07, 6.45) is 0. The van der Waals surface area contributed by atoms with E-state index in [1.807, 2.05) is 6.07 Å². The molecular formula is C15H16N2O4. The van der Waals surface area contributed by atoms with Crippen LogP contribution in [0, 0.1) is 17.2 Å². The molecule has 1 amide bonds. The zero-order valence-corrected chi connectivity index (χ0v) is 11.7. The van der Waals surface area contributed by atoms with Crippen LogP contribution in [0.5, 0.6) is 0 Å². The minimum Gasteiger partial charge on any atom is -0.481 e. The predicted molar refractivity (Wildman–Crippen MR) is 73.6 cm³/mol. The largest absolute Gasteiger partial charge is 0.481 e. The molecule has 21 heavy (non-hydrogen) atoms. The average Bonchev–Trinajstić information content (AvgIpc) is 2.97. The number of amides is 1. The first-order valence-electron chi connectivity index (χ1n) is 6.70. The summed E-state index contributed by atoms with van der Waals surface area (Å²) >= 11 is 0. The van der Waals surface area contributed by atoms with Crippen molar-refractivity contribution < 1.29 is 19.4 Å². The van der Waals surface area contributed by atoms with Gasteiger partial charge in [0.2, 0.25) is 0 Å². The van der Waals surface area contributed by atoms with Crippen LogP contribution in [0.1, 0.15) is 22.8 Å². The van der Waals surface area contributed by atoms with E-state index < -0.39 is 17.9 Å². The van der Waals surface area contributed by atoms with Crippen LogP contribution in [0.15, 0.2) is 24.3 Å². The maximum atomic E-state index is 12.5. The second-order valence-corrected chi connectivity index (χ2v) is 4.83. The highest BCUT2D eigenvalue weighted by molar-refractivity contribution is 5.95. The van der Waals surface area contributed by atoms with Gasteiger partial charge in [0.05, 0.1) is 30.9 Å². The van der Waals surface area contributed by atoms with Gasteiger partial charge in [0.25, 0.3) is 5.91 Å². The number of benzene rings is 1. The Morgan fingerprint density at radius 2 is 2.05 bits per heavy atom. The van der Waals surface area contributed by atoms with Crippen molar-refractivity contribution in [1.29, 1.82) is 5.26 Å². The van der Waals surface area contributed by atoms with Crippen LogP contribution in [0.3, 0.4) is 0 Å². The van der Waals surface area contributed by atoms with E-state index in [0.29, 0.717) is 17.7 Å². The van der Waals surface area contributed by atoms with Gasteiger partial charge in [-0.2, -0.15) is 5.26 Å². The molecule has 0 spiro atoms. The lowest BCUT2D eigenvalue weighted by Crippen LogP contribution is -2.46. The van der Waals surface area contributed by atoms with Gasteiger partial charge >= 0.3 is 5.97 Å². The van der Waals surface area contributed by atoms with Gasteiger partial charge in [-0.25, -0.2) is 0 Å². The Bertz CT molecular complexity index is 576. The topological polar surface area (TPSA) is 90.6 Å². The standard InChI is InChI=1S/C15H16N2O4/c1-2-17(13-9-21-8-12(13)15(19)20)14(18)11-5-3-10(7-16)4-6-11/h3-6,12-13H,2,8-9H2,1H3,(H,19,20). The first-order valence-corrected chi connectivity index (χ1v) is 6.70. The fraction of sp³-hybridized carbons (Fsp3) is 0.400. The first kappa shape index (κ1) is 15.0. The van der Waals surface area contributed by atoms with Crippen molar-refractivity contribution in [2.45, 2.75) is 13.0 Å². The van der Waals surface area contributed by atoms with Gasteiger partial charge in [-0.3, -0.25) is 9.59 Å². The molecule has 0 saturated carbocycles. The molecule has 0 aromatic heterocycles. The number of carboxylic acids is 1. The lowest BCUT2D eigenvalue weighted by molar-refractivity contribution is -0.142. The zero-order valence-electron chi connectivity index (χ0n) is 11.7. The molecule has 1 aliphatic rings. The fourth-order valence-corrected chi connectivity index (χ4v) is 2.47. The van der Waals surface area contributed by atoms with Crippen LogP contribution in [-0.2, 0) is 9.53 Å². The maximum Gasteiger partial charge on any atom is 0.311 e. The molecule has 110 valence electrons. The van der Waals surface area contributed by atoms with E-state index >= 15 is 0 Å². The molecule has 1 aromatic carbocycles. The molecule has 2 unspecified atom stereocenters. The number of hydrogen-bond acceptors (Lipinski definition) is 4. The summed E-state index contributed by atoms with van der Waals surface area (Å²) in [7, 11) is 0. The Balaban J connectivity index is 2.21. The lowest BCUT2D eigenvalue weighted by Gasteiger charge is -2.29. The van der Waals surface area contributed by atoms with Crippen molar-refractivity contribution in [3.8, 4) is 6.07 Å². The second-order valence-electron chi connectivity index (χ2n) is 4.83. The second kappa shape index (κ2) is 6.37. The molecule has 1 heterocycles. The lowest BCUT2D eigenvalue weighted by atomic mass is 10.0. The Labute approximate surface area is 122 Å². The van der Waals surface area contributed by atoms with E-state index in [-0.39, 0.29) is 19.1 Å². The molecule has 1 fully saturated rings. The van der Waals surface area contributed by atoms with E-state index in [1.54, 1.807) is 31.2 Å². The number of nitriles is 1. The van der Waals surface area contributed by atoms with Crippen molar-refractivity contribution in [3.05, 3.63) is 35.4 Å². The molecule has 1 N–H and O–H groups in total. The van der Waals surface area contributed by atoms with E-state index in [2.05, 4.69) is 0 Å². The average molecular weight is 288 g/mol. The van der Waals surface area contributed by atoms with E-state index in [1.165, 1.54) is 4.90 Å². The number of aliphatic carboxylic acids is 1. The van der Waals surface area contributed by atoms with Crippen molar-refractivity contribution >= 4 is 11.9 Å². The van der Waals surface area contributed by atoms with Gasteiger partial charge in [0.15, 0.2) is 0 Å². The number of nitrogens with zero attached hydrogens (tertiary/aromatic N) is 2. The summed E-state index contributed by atoms with van der Waals surface area (Å²) in [6.45, 7) is 2.55. The number of carbonyl (C=O) groups excluding carboxylic acids is 1. The van der Waals surface area contributed by atoms with Crippen LogP contribution in [0.25, 0.3) is 0 Å². The zero-order chi connectivity index (χ0) is 15.4. The van der Waals surface area contributed by atoms with Gasteiger partial charge in [-0.15, -0.1) is 0 Å². The quantitative estimate of drug-likeness (QED) is 0.896. The molecule has 2 atom stereocenters. The maximum absolute atomic E-state index is 12.5. The van der Waals surface area contributed by atoms with Crippen molar-refractivity contribution in [1.82, 2.24) is 4.90 Å². The number of ether oxygens (including phenoxy) is 1.